The number of anilines is 2. The molecule has 0 radical (unpaired) electrons. The molecule has 0 bridgehead atoms. The predicted molar refractivity (Wildman–Crippen MR) is 100 cm³/mol. The second-order valence-corrected chi connectivity index (χ2v) is 6.88. The van der Waals surface area contributed by atoms with E-state index in [0.29, 0.717) is 12.1 Å². The monoisotopic (exact) mass is 364 g/mol. The Morgan fingerprint density at radius 1 is 1.04 bits per heavy atom. The highest BCUT2D eigenvalue weighted by Crippen LogP contribution is 2.25. The zero-order chi connectivity index (χ0) is 19.7. The van der Waals surface area contributed by atoms with Gasteiger partial charge < -0.3 is 14.8 Å². The van der Waals surface area contributed by atoms with Gasteiger partial charge in [0.25, 0.3) is 0 Å². The minimum Gasteiger partial charge on any atom is -0.465 e. The molecule has 0 atom stereocenters. The van der Waals surface area contributed by atoms with E-state index in [9.17, 15) is 14.4 Å². The summed E-state index contributed by atoms with van der Waals surface area (Å²) in [6.45, 7) is 7.29. The van der Waals surface area contributed by atoms with E-state index in [4.69, 9.17) is 9.47 Å². The van der Waals surface area contributed by atoms with Gasteiger partial charge in [0.2, 0.25) is 5.91 Å². The van der Waals surface area contributed by atoms with E-state index in [2.05, 4.69) is 17.6 Å². The number of unbranched alkanes of at least 4 members (excludes halogenated alkanes) is 2. The van der Waals surface area contributed by atoms with Crippen LogP contribution in [0.25, 0.3) is 0 Å². The van der Waals surface area contributed by atoms with Crippen LogP contribution in [0.5, 0.6) is 0 Å². The van der Waals surface area contributed by atoms with Crippen molar-refractivity contribution in [1.82, 2.24) is 0 Å². The van der Waals surface area contributed by atoms with Gasteiger partial charge in [-0.3, -0.25) is 10.1 Å². The third kappa shape index (κ3) is 7.55. The van der Waals surface area contributed by atoms with Gasteiger partial charge in [0, 0.05) is 6.42 Å². The van der Waals surface area contributed by atoms with Crippen LogP contribution in [0.15, 0.2) is 18.2 Å². The molecule has 0 aromatic heterocycles. The Labute approximate surface area is 154 Å². The number of benzene rings is 1. The maximum atomic E-state index is 12.1. The van der Waals surface area contributed by atoms with Crippen LogP contribution >= 0.6 is 0 Å². The summed E-state index contributed by atoms with van der Waals surface area (Å²) in [6, 6.07) is 4.52. The Kier molecular flexibility index (Phi) is 8.09. The quantitative estimate of drug-likeness (QED) is 0.554. The zero-order valence-electron chi connectivity index (χ0n) is 16.1. The summed E-state index contributed by atoms with van der Waals surface area (Å²) in [7, 11) is 1.27. The molecular weight excluding hydrogens is 336 g/mol. The summed E-state index contributed by atoms with van der Waals surface area (Å²) >= 11 is 0. The van der Waals surface area contributed by atoms with Gasteiger partial charge in [0.1, 0.15) is 5.60 Å². The van der Waals surface area contributed by atoms with E-state index in [0.717, 1.165) is 19.3 Å². The molecule has 2 N–H and O–H groups in total. The third-order valence-corrected chi connectivity index (χ3v) is 3.36. The van der Waals surface area contributed by atoms with Crippen LogP contribution in [0, 0.1) is 0 Å². The average Bonchev–Trinajstić information content (AvgIpc) is 2.54. The number of nitrogens with one attached hydrogen (secondary N) is 2. The molecule has 1 aromatic rings. The van der Waals surface area contributed by atoms with Crippen molar-refractivity contribution in [3.05, 3.63) is 23.8 Å². The molecule has 1 rings (SSSR count). The van der Waals surface area contributed by atoms with E-state index < -0.39 is 17.7 Å². The summed E-state index contributed by atoms with van der Waals surface area (Å²) in [4.78, 5) is 35.9. The number of rotatable bonds is 7. The minimum atomic E-state index is -0.680. The number of ether oxygens (including phenoxy) is 2. The van der Waals surface area contributed by atoms with Crippen LogP contribution in [0.2, 0.25) is 0 Å². The number of methoxy groups -OCH3 is 1. The van der Waals surface area contributed by atoms with Crippen LogP contribution in [0.1, 0.15) is 63.7 Å². The van der Waals surface area contributed by atoms with E-state index >= 15 is 0 Å². The summed E-state index contributed by atoms with van der Waals surface area (Å²) < 4.78 is 9.92. The van der Waals surface area contributed by atoms with Crippen molar-refractivity contribution in [2.45, 2.75) is 59.0 Å². The Morgan fingerprint density at radius 2 is 1.73 bits per heavy atom. The van der Waals surface area contributed by atoms with Crippen LogP contribution < -0.4 is 10.6 Å². The van der Waals surface area contributed by atoms with Crippen LogP contribution in [-0.2, 0) is 14.3 Å². The summed E-state index contributed by atoms with van der Waals surface area (Å²) in [5.74, 6) is -0.699. The molecule has 2 amide bonds. The Bertz CT molecular complexity index is 650. The fraction of sp³-hybridized carbons (Fsp3) is 0.526. The van der Waals surface area contributed by atoms with E-state index in [1.807, 2.05) is 0 Å². The van der Waals surface area contributed by atoms with Gasteiger partial charge in [0.05, 0.1) is 24.0 Å². The second kappa shape index (κ2) is 9.79. The third-order valence-electron chi connectivity index (χ3n) is 3.36. The second-order valence-electron chi connectivity index (χ2n) is 6.88. The van der Waals surface area contributed by atoms with Crippen LogP contribution in [0.4, 0.5) is 16.2 Å². The molecule has 0 aliphatic heterocycles. The molecule has 0 unspecified atom stereocenters. The lowest BCUT2D eigenvalue weighted by atomic mass is 10.1. The molecule has 1 aromatic carbocycles. The molecule has 0 saturated heterocycles. The van der Waals surface area contributed by atoms with E-state index in [1.54, 1.807) is 26.8 Å². The maximum Gasteiger partial charge on any atom is 0.412 e. The highest BCUT2D eigenvalue weighted by atomic mass is 16.6. The maximum absolute atomic E-state index is 12.1. The molecule has 0 saturated carbocycles. The van der Waals surface area contributed by atoms with Crippen molar-refractivity contribution in [1.29, 1.82) is 0 Å². The predicted octanol–water partition coefficient (Wildman–Crippen LogP) is 4.34. The highest BCUT2D eigenvalue weighted by Gasteiger charge is 2.19. The lowest BCUT2D eigenvalue weighted by molar-refractivity contribution is -0.116. The van der Waals surface area contributed by atoms with Crippen molar-refractivity contribution < 1.29 is 23.9 Å². The van der Waals surface area contributed by atoms with Gasteiger partial charge in [0.15, 0.2) is 0 Å². The van der Waals surface area contributed by atoms with Crippen molar-refractivity contribution in [3.63, 3.8) is 0 Å². The number of hydrogen-bond acceptors (Lipinski definition) is 5. The fourth-order valence-corrected chi connectivity index (χ4v) is 2.16. The lowest BCUT2D eigenvalue weighted by Gasteiger charge is -2.21. The molecular formula is C19H28N2O5. The number of hydrogen-bond donors (Lipinski definition) is 2. The first kappa shape index (κ1) is 21.5. The Morgan fingerprint density at radius 3 is 2.31 bits per heavy atom. The topological polar surface area (TPSA) is 93.7 Å². The molecule has 26 heavy (non-hydrogen) atoms. The summed E-state index contributed by atoms with van der Waals surface area (Å²) in [6.07, 6.45) is 2.49. The van der Waals surface area contributed by atoms with Crippen molar-refractivity contribution in [2.75, 3.05) is 17.7 Å². The van der Waals surface area contributed by atoms with E-state index in [-0.39, 0.29) is 17.2 Å². The van der Waals surface area contributed by atoms with Crippen molar-refractivity contribution in [2.24, 2.45) is 0 Å². The average molecular weight is 364 g/mol. The largest absolute Gasteiger partial charge is 0.465 e. The zero-order valence-corrected chi connectivity index (χ0v) is 16.1. The van der Waals surface area contributed by atoms with Gasteiger partial charge in [-0.2, -0.15) is 0 Å². The highest BCUT2D eigenvalue weighted by molar-refractivity contribution is 6.00. The van der Waals surface area contributed by atoms with Crippen LogP contribution in [0.3, 0.4) is 0 Å². The molecule has 144 valence electrons. The molecule has 7 nitrogen and oxygen atoms in total. The summed E-state index contributed by atoms with van der Waals surface area (Å²) in [5, 5.41) is 5.34. The molecule has 0 fully saturated rings. The molecule has 0 heterocycles. The van der Waals surface area contributed by atoms with Gasteiger partial charge in [-0.15, -0.1) is 0 Å². The number of amides is 2. The SMILES string of the molecule is CCCCCC(=O)Nc1ccc(C(=O)OC)cc1NC(=O)OC(C)(C)C. The number of esters is 1. The molecule has 0 aliphatic rings. The number of carbonyl (C=O) groups is 3. The minimum absolute atomic E-state index is 0.156. The standard InChI is InChI=1S/C19H28N2O5/c1-6-7-8-9-16(22)20-14-11-10-13(17(23)25-5)12-15(14)21-18(24)26-19(2,3)4/h10-12H,6-9H2,1-5H3,(H,20,22)(H,21,24). The van der Waals surface area contributed by atoms with Crippen molar-refractivity contribution >= 4 is 29.3 Å². The van der Waals surface area contributed by atoms with Gasteiger partial charge >= 0.3 is 12.1 Å². The fourth-order valence-electron chi connectivity index (χ4n) is 2.16. The molecule has 0 spiro atoms. The van der Waals surface area contributed by atoms with Crippen LogP contribution in [-0.4, -0.2) is 30.7 Å². The van der Waals surface area contributed by atoms with Crippen molar-refractivity contribution in [3.8, 4) is 0 Å². The van der Waals surface area contributed by atoms with Gasteiger partial charge in [-0.25, -0.2) is 9.59 Å². The summed E-state index contributed by atoms with van der Waals surface area (Å²) in [5.41, 5.74) is 0.242. The van der Waals surface area contributed by atoms with Gasteiger partial charge in [-0.1, -0.05) is 19.8 Å². The molecule has 7 heteroatoms. The number of carbonyl (C=O) groups excluding carboxylic acids is 3. The Hall–Kier alpha value is -2.57. The molecule has 0 aliphatic carbocycles. The van der Waals surface area contributed by atoms with E-state index in [1.165, 1.54) is 19.2 Å². The van der Waals surface area contributed by atoms with Gasteiger partial charge in [-0.05, 0) is 45.4 Å². The lowest BCUT2D eigenvalue weighted by Crippen LogP contribution is -2.27. The smallest absolute Gasteiger partial charge is 0.412 e. The Balaban J connectivity index is 2.98. The first-order chi connectivity index (χ1) is 12.2. The first-order valence-corrected chi connectivity index (χ1v) is 8.68. The first-order valence-electron chi connectivity index (χ1n) is 8.68. The normalized spacial score (nSPS) is 10.8.